The van der Waals surface area contributed by atoms with Crippen molar-refractivity contribution in [3.05, 3.63) is 24.0 Å². The van der Waals surface area contributed by atoms with Crippen molar-refractivity contribution in [2.45, 2.75) is 19.6 Å². The van der Waals surface area contributed by atoms with Gasteiger partial charge in [-0.1, -0.05) is 0 Å². The van der Waals surface area contributed by atoms with Crippen LogP contribution in [0.3, 0.4) is 0 Å². The summed E-state index contributed by atoms with van der Waals surface area (Å²) in [5, 5.41) is 0. The first-order valence-electron chi connectivity index (χ1n) is 6.31. The van der Waals surface area contributed by atoms with Crippen LogP contribution in [0, 0.1) is 0 Å². The number of ether oxygens (including phenoxy) is 2. The number of hydrogen-bond acceptors (Lipinski definition) is 4. The molecule has 0 aliphatic carbocycles. The maximum absolute atomic E-state index is 12.4. The van der Waals surface area contributed by atoms with E-state index in [1.807, 2.05) is 23.8 Å². The number of nitrogens with zero attached hydrogens (tertiary/aromatic N) is 2. The molecule has 0 bridgehead atoms. The highest BCUT2D eigenvalue weighted by atomic mass is 16.6. The third-order valence-electron chi connectivity index (χ3n) is 3.21. The molecule has 2 rings (SSSR count). The number of hydrogen-bond donors (Lipinski definition) is 0. The largest absolute Gasteiger partial charge is 0.467 e. The van der Waals surface area contributed by atoms with Gasteiger partial charge in [0.05, 0.1) is 20.3 Å². The Labute approximate surface area is 111 Å². The van der Waals surface area contributed by atoms with E-state index in [-0.39, 0.29) is 12.5 Å². The molecule has 2 heterocycles. The second-order valence-electron chi connectivity index (χ2n) is 4.31. The van der Waals surface area contributed by atoms with Gasteiger partial charge in [-0.05, 0) is 19.1 Å². The van der Waals surface area contributed by atoms with E-state index in [4.69, 9.17) is 4.74 Å². The molecule has 1 aromatic heterocycles. The molecule has 0 N–H and O–H groups in total. The number of aryl methyl sites for hydroxylation is 1. The predicted octanol–water partition coefficient (Wildman–Crippen LogP) is 0.522. The topological polar surface area (TPSA) is 60.8 Å². The summed E-state index contributed by atoms with van der Waals surface area (Å²) in [4.78, 5) is 25.5. The highest BCUT2D eigenvalue weighted by Gasteiger charge is 2.31. The lowest BCUT2D eigenvalue weighted by Crippen LogP contribution is -2.49. The Bertz CT molecular complexity index is 469. The number of amides is 1. The third-order valence-corrected chi connectivity index (χ3v) is 3.21. The Morgan fingerprint density at radius 1 is 1.53 bits per heavy atom. The smallest absolute Gasteiger partial charge is 0.336 e. The van der Waals surface area contributed by atoms with Gasteiger partial charge in [-0.25, -0.2) is 4.79 Å². The summed E-state index contributed by atoms with van der Waals surface area (Å²) in [6, 6.07) is 3.63. The van der Waals surface area contributed by atoms with Gasteiger partial charge in [0.2, 0.25) is 0 Å². The lowest BCUT2D eigenvalue weighted by Gasteiger charge is -2.31. The summed E-state index contributed by atoms with van der Waals surface area (Å²) in [5.41, 5.74) is 0.632. The fourth-order valence-electron chi connectivity index (χ4n) is 2.15. The van der Waals surface area contributed by atoms with Crippen LogP contribution in [-0.2, 0) is 20.8 Å². The molecule has 0 radical (unpaired) electrons. The monoisotopic (exact) mass is 266 g/mol. The Morgan fingerprint density at radius 2 is 2.32 bits per heavy atom. The first-order chi connectivity index (χ1) is 9.17. The Hall–Kier alpha value is -1.82. The summed E-state index contributed by atoms with van der Waals surface area (Å²) < 4.78 is 11.8. The molecule has 1 saturated heterocycles. The van der Waals surface area contributed by atoms with E-state index < -0.39 is 12.1 Å². The zero-order chi connectivity index (χ0) is 13.8. The van der Waals surface area contributed by atoms with Gasteiger partial charge in [0.15, 0.2) is 6.10 Å². The SMILES string of the molecule is CCn1cccc1C(=O)N1CCOC(C(=O)OC)C1. The second-order valence-corrected chi connectivity index (χ2v) is 4.31. The van der Waals surface area contributed by atoms with E-state index in [1.54, 1.807) is 11.0 Å². The van der Waals surface area contributed by atoms with Crippen LogP contribution < -0.4 is 0 Å². The van der Waals surface area contributed by atoms with Gasteiger partial charge < -0.3 is 18.9 Å². The Balaban J connectivity index is 2.09. The molecule has 0 aromatic carbocycles. The number of rotatable bonds is 3. The lowest BCUT2D eigenvalue weighted by atomic mass is 10.2. The molecule has 1 aliphatic rings. The fraction of sp³-hybridized carbons (Fsp3) is 0.538. The summed E-state index contributed by atoms with van der Waals surface area (Å²) >= 11 is 0. The van der Waals surface area contributed by atoms with Crippen LogP contribution >= 0.6 is 0 Å². The van der Waals surface area contributed by atoms with Crippen molar-refractivity contribution in [1.82, 2.24) is 9.47 Å². The zero-order valence-electron chi connectivity index (χ0n) is 11.2. The fourth-order valence-corrected chi connectivity index (χ4v) is 2.15. The molecule has 1 fully saturated rings. The van der Waals surface area contributed by atoms with Crippen molar-refractivity contribution in [3.63, 3.8) is 0 Å². The average Bonchev–Trinajstić information content (AvgIpc) is 2.94. The van der Waals surface area contributed by atoms with Gasteiger partial charge in [0.1, 0.15) is 5.69 Å². The molecule has 1 aromatic rings. The van der Waals surface area contributed by atoms with Crippen molar-refractivity contribution in [2.75, 3.05) is 26.8 Å². The van der Waals surface area contributed by atoms with Crippen LogP contribution in [0.2, 0.25) is 0 Å². The number of carbonyl (C=O) groups excluding carboxylic acids is 2. The van der Waals surface area contributed by atoms with Crippen LogP contribution in [0.15, 0.2) is 18.3 Å². The summed E-state index contributed by atoms with van der Waals surface area (Å²) in [6.45, 7) is 3.78. The van der Waals surface area contributed by atoms with Crippen molar-refractivity contribution in [1.29, 1.82) is 0 Å². The molecule has 1 aliphatic heterocycles. The van der Waals surface area contributed by atoms with E-state index in [0.717, 1.165) is 6.54 Å². The van der Waals surface area contributed by atoms with Gasteiger partial charge in [-0.15, -0.1) is 0 Å². The quantitative estimate of drug-likeness (QED) is 0.748. The second kappa shape index (κ2) is 5.88. The molecule has 104 valence electrons. The summed E-state index contributed by atoms with van der Waals surface area (Å²) in [6.07, 6.45) is 1.18. The number of esters is 1. The molecule has 1 atom stereocenters. The standard InChI is InChI=1S/C13H18N2O4/c1-3-14-6-4-5-10(14)12(16)15-7-8-19-11(9-15)13(17)18-2/h4-6,11H,3,7-9H2,1-2H3. The van der Waals surface area contributed by atoms with Crippen molar-refractivity contribution < 1.29 is 19.1 Å². The van der Waals surface area contributed by atoms with Crippen molar-refractivity contribution in [2.24, 2.45) is 0 Å². The number of methoxy groups -OCH3 is 1. The normalized spacial score (nSPS) is 19.3. The first kappa shape index (κ1) is 13.6. The minimum Gasteiger partial charge on any atom is -0.467 e. The number of morpholine rings is 1. The summed E-state index contributed by atoms with van der Waals surface area (Å²) in [7, 11) is 1.31. The molecule has 0 spiro atoms. The lowest BCUT2D eigenvalue weighted by molar-refractivity contribution is -0.158. The maximum Gasteiger partial charge on any atom is 0.336 e. The van der Waals surface area contributed by atoms with Crippen LogP contribution in [0.1, 0.15) is 17.4 Å². The Kier molecular flexibility index (Phi) is 4.21. The van der Waals surface area contributed by atoms with Crippen LogP contribution in [0.4, 0.5) is 0 Å². The van der Waals surface area contributed by atoms with E-state index in [0.29, 0.717) is 18.8 Å². The van der Waals surface area contributed by atoms with Crippen LogP contribution in [0.25, 0.3) is 0 Å². The van der Waals surface area contributed by atoms with E-state index >= 15 is 0 Å². The Morgan fingerprint density at radius 3 is 3.00 bits per heavy atom. The molecule has 0 saturated carbocycles. The van der Waals surface area contributed by atoms with Crippen molar-refractivity contribution in [3.8, 4) is 0 Å². The predicted molar refractivity (Wildman–Crippen MR) is 67.8 cm³/mol. The van der Waals surface area contributed by atoms with Crippen LogP contribution in [-0.4, -0.2) is 54.3 Å². The average molecular weight is 266 g/mol. The van der Waals surface area contributed by atoms with Gasteiger partial charge >= 0.3 is 5.97 Å². The van der Waals surface area contributed by atoms with Gasteiger partial charge in [-0.3, -0.25) is 4.79 Å². The molecule has 1 unspecified atom stereocenters. The van der Waals surface area contributed by atoms with Gasteiger partial charge in [0, 0.05) is 19.3 Å². The van der Waals surface area contributed by atoms with Crippen molar-refractivity contribution >= 4 is 11.9 Å². The summed E-state index contributed by atoms with van der Waals surface area (Å²) in [5.74, 6) is -0.521. The maximum atomic E-state index is 12.4. The van der Waals surface area contributed by atoms with E-state index in [9.17, 15) is 9.59 Å². The zero-order valence-corrected chi connectivity index (χ0v) is 11.2. The highest BCUT2D eigenvalue weighted by molar-refractivity contribution is 5.93. The number of aromatic nitrogens is 1. The molecular formula is C13H18N2O4. The minimum atomic E-state index is -0.687. The number of carbonyl (C=O) groups is 2. The van der Waals surface area contributed by atoms with E-state index in [1.165, 1.54) is 7.11 Å². The molecule has 6 heteroatoms. The van der Waals surface area contributed by atoms with Gasteiger partial charge in [-0.2, -0.15) is 0 Å². The highest BCUT2D eigenvalue weighted by Crippen LogP contribution is 2.12. The minimum absolute atomic E-state index is 0.0796. The molecular weight excluding hydrogens is 248 g/mol. The third kappa shape index (κ3) is 2.78. The van der Waals surface area contributed by atoms with E-state index in [2.05, 4.69) is 4.74 Å². The van der Waals surface area contributed by atoms with Crippen LogP contribution in [0.5, 0.6) is 0 Å². The molecule has 19 heavy (non-hydrogen) atoms. The first-order valence-corrected chi connectivity index (χ1v) is 6.31. The molecule has 1 amide bonds. The molecule has 6 nitrogen and oxygen atoms in total. The van der Waals surface area contributed by atoms with Gasteiger partial charge in [0.25, 0.3) is 5.91 Å².